The Labute approximate surface area is 125 Å². The lowest BCUT2D eigenvalue weighted by Crippen LogP contribution is -2.34. The van der Waals surface area contributed by atoms with Crippen molar-refractivity contribution in [2.24, 2.45) is 0 Å². The molecule has 0 aliphatic carbocycles. The van der Waals surface area contributed by atoms with Gasteiger partial charge in [0, 0.05) is 21.5 Å². The lowest BCUT2D eigenvalue weighted by molar-refractivity contribution is 0.0936. The number of aromatic nitrogens is 1. The van der Waals surface area contributed by atoms with Crippen LogP contribution in [0.25, 0.3) is 0 Å². The van der Waals surface area contributed by atoms with Crippen LogP contribution in [0.15, 0.2) is 29.1 Å². The van der Waals surface area contributed by atoms with E-state index in [1.807, 2.05) is 13.0 Å². The second-order valence-corrected chi connectivity index (χ2v) is 5.75. The van der Waals surface area contributed by atoms with Gasteiger partial charge in [-0.25, -0.2) is 4.98 Å². The standard InChI is InChI=1S/C13H12Cl2N2OS/c1-8(17-13(18)12-6-19-7-16-12)4-9-2-3-10(14)5-11(9)15/h2-3,5-8H,4H2,1H3,(H,17,18). The maximum Gasteiger partial charge on any atom is 0.270 e. The maximum atomic E-state index is 11.8. The van der Waals surface area contributed by atoms with Crippen LogP contribution in [-0.4, -0.2) is 16.9 Å². The molecule has 1 N–H and O–H groups in total. The van der Waals surface area contributed by atoms with Crippen molar-refractivity contribution in [3.8, 4) is 0 Å². The van der Waals surface area contributed by atoms with Gasteiger partial charge in [-0.1, -0.05) is 29.3 Å². The molecule has 0 bridgehead atoms. The smallest absolute Gasteiger partial charge is 0.270 e. The zero-order valence-electron chi connectivity index (χ0n) is 10.2. The molecule has 0 saturated heterocycles. The van der Waals surface area contributed by atoms with Crippen LogP contribution in [0.4, 0.5) is 0 Å². The molecule has 100 valence electrons. The van der Waals surface area contributed by atoms with Crippen molar-refractivity contribution in [3.05, 3.63) is 50.4 Å². The number of amides is 1. The number of nitrogens with zero attached hydrogens (tertiary/aromatic N) is 1. The van der Waals surface area contributed by atoms with E-state index in [0.717, 1.165) is 5.56 Å². The second-order valence-electron chi connectivity index (χ2n) is 4.19. The van der Waals surface area contributed by atoms with E-state index in [1.165, 1.54) is 11.3 Å². The van der Waals surface area contributed by atoms with Gasteiger partial charge in [0.25, 0.3) is 5.91 Å². The van der Waals surface area contributed by atoms with E-state index in [0.29, 0.717) is 22.2 Å². The summed E-state index contributed by atoms with van der Waals surface area (Å²) in [5, 5.41) is 5.82. The molecule has 1 aromatic heterocycles. The van der Waals surface area contributed by atoms with Crippen LogP contribution in [0, 0.1) is 0 Å². The van der Waals surface area contributed by atoms with Crippen molar-refractivity contribution in [2.75, 3.05) is 0 Å². The van der Waals surface area contributed by atoms with Gasteiger partial charge in [-0.15, -0.1) is 11.3 Å². The summed E-state index contributed by atoms with van der Waals surface area (Å²) in [7, 11) is 0. The predicted molar refractivity (Wildman–Crippen MR) is 79.2 cm³/mol. The molecule has 0 aliphatic heterocycles. The average Bonchev–Trinajstić information content (AvgIpc) is 2.86. The first-order valence-electron chi connectivity index (χ1n) is 5.69. The van der Waals surface area contributed by atoms with E-state index >= 15 is 0 Å². The lowest BCUT2D eigenvalue weighted by atomic mass is 10.1. The molecule has 1 atom stereocenters. The van der Waals surface area contributed by atoms with Gasteiger partial charge in [-0.3, -0.25) is 4.79 Å². The number of hydrogen-bond donors (Lipinski definition) is 1. The minimum atomic E-state index is -0.168. The Morgan fingerprint density at radius 2 is 2.26 bits per heavy atom. The first-order valence-corrected chi connectivity index (χ1v) is 7.39. The van der Waals surface area contributed by atoms with Crippen LogP contribution >= 0.6 is 34.5 Å². The summed E-state index contributed by atoms with van der Waals surface area (Å²) in [6.45, 7) is 1.93. The van der Waals surface area contributed by atoms with Crippen LogP contribution in [0.2, 0.25) is 10.0 Å². The van der Waals surface area contributed by atoms with Crippen LogP contribution in [0.1, 0.15) is 23.0 Å². The molecule has 1 heterocycles. The molecule has 0 radical (unpaired) electrons. The van der Waals surface area contributed by atoms with Crippen molar-refractivity contribution in [3.63, 3.8) is 0 Å². The topological polar surface area (TPSA) is 42.0 Å². The summed E-state index contributed by atoms with van der Waals surface area (Å²) in [6, 6.07) is 5.33. The first kappa shape index (κ1) is 14.3. The monoisotopic (exact) mass is 314 g/mol. The van der Waals surface area contributed by atoms with E-state index in [9.17, 15) is 4.79 Å². The Kier molecular flexibility index (Phi) is 4.80. The number of halogens is 2. The van der Waals surface area contributed by atoms with Gasteiger partial charge >= 0.3 is 0 Å². The zero-order valence-corrected chi connectivity index (χ0v) is 12.5. The van der Waals surface area contributed by atoms with Crippen molar-refractivity contribution < 1.29 is 4.79 Å². The molecule has 2 rings (SSSR count). The summed E-state index contributed by atoms with van der Waals surface area (Å²) in [5.41, 5.74) is 3.03. The van der Waals surface area contributed by atoms with Crippen molar-refractivity contribution in [1.82, 2.24) is 10.3 Å². The van der Waals surface area contributed by atoms with Crippen LogP contribution in [0.3, 0.4) is 0 Å². The fourth-order valence-corrected chi connectivity index (χ4v) is 2.71. The average molecular weight is 315 g/mol. The Morgan fingerprint density at radius 3 is 2.89 bits per heavy atom. The number of nitrogens with one attached hydrogen (secondary N) is 1. The molecule has 1 aromatic carbocycles. The van der Waals surface area contributed by atoms with Gasteiger partial charge in [0.2, 0.25) is 0 Å². The Morgan fingerprint density at radius 1 is 1.47 bits per heavy atom. The summed E-state index contributed by atoms with van der Waals surface area (Å²) in [6.07, 6.45) is 0.645. The maximum absolute atomic E-state index is 11.8. The van der Waals surface area contributed by atoms with Crippen LogP contribution in [-0.2, 0) is 6.42 Å². The van der Waals surface area contributed by atoms with E-state index in [-0.39, 0.29) is 11.9 Å². The number of carbonyl (C=O) groups is 1. The number of rotatable bonds is 4. The molecule has 1 unspecified atom stereocenters. The summed E-state index contributed by atoms with van der Waals surface area (Å²) in [4.78, 5) is 15.8. The lowest BCUT2D eigenvalue weighted by Gasteiger charge is -2.14. The van der Waals surface area contributed by atoms with Crippen molar-refractivity contribution in [2.45, 2.75) is 19.4 Å². The van der Waals surface area contributed by atoms with E-state index in [2.05, 4.69) is 10.3 Å². The third kappa shape index (κ3) is 3.93. The van der Waals surface area contributed by atoms with Gasteiger partial charge in [-0.2, -0.15) is 0 Å². The molecule has 0 fully saturated rings. The van der Waals surface area contributed by atoms with Gasteiger partial charge in [-0.05, 0) is 31.0 Å². The van der Waals surface area contributed by atoms with E-state index < -0.39 is 0 Å². The van der Waals surface area contributed by atoms with Crippen LogP contribution in [0.5, 0.6) is 0 Å². The molecular weight excluding hydrogens is 303 g/mol. The third-order valence-corrected chi connectivity index (χ3v) is 3.76. The molecular formula is C13H12Cl2N2OS. The van der Waals surface area contributed by atoms with Gasteiger partial charge < -0.3 is 5.32 Å². The highest BCUT2D eigenvalue weighted by atomic mass is 35.5. The van der Waals surface area contributed by atoms with Crippen molar-refractivity contribution in [1.29, 1.82) is 0 Å². The molecule has 3 nitrogen and oxygen atoms in total. The first-order chi connectivity index (χ1) is 9.06. The fraction of sp³-hybridized carbons (Fsp3) is 0.231. The predicted octanol–water partition coefficient (Wildman–Crippen LogP) is 3.81. The molecule has 0 spiro atoms. The fourth-order valence-electron chi connectivity index (χ4n) is 1.69. The highest BCUT2D eigenvalue weighted by Gasteiger charge is 2.13. The minimum Gasteiger partial charge on any atom is -0.348 e. The highest BCUT2D eigenvalue weighted by molar-refractivity contribution is 7.07. The quantitative estimate of drug-likeness (QED) is 0.932. The summed E-state index contributed by atoms with van der Waals surface area (Å²) >= 11 is 13.3. The number of carbonyl (C=O) groups excluding carboxylic acids is 1. The molecule has 2 aromatic rings. The Balaban J connectivity index is 1.97. The zero-order chi connectivity index (χ0) is 13.8. The SMILES string of the molecule is CC(Cc1ccc(Cl)cc1Cl)NC(=O)c1cscn1. The van der Waals surface area contributed by atoms with E-state index in [1.54, 1.807) is 23.0 Å². The third-order valence-electron chi connectivity index (χ3n) is 2.58. The van der Waals surface area contributed by atoms with E-state index in [4.69, 9.17) is 23.2 Å². The molecule has 0 saturated carbocycles. The van der Waals surface area contributed by atoms with Crippen LogP contribution < -0.4 is 5.32 Å². The van der Waals surface area contributed by atoms with Gasteiger partial charge in [0.1, 0.15) is 5.69 Å². The number of benzene rings is 1. The Hall–Kier alpha value is -1.10. The second kappa shape index (κ2) is 6.37. The highest BCUT2D eigenvalue weighted by Crippen LogP contribution is 2.22. The van der Waals surface area contributed by atoms with Gasteiger partial charge in [0.15, 0.2) is 0 Å². The molecule has 1 amide bonds. The summed E-state index contributed by atoms with van der Waals surface area (Å²) < 4.78 is 0. The molecule has 6 heteroatoms. The minimum absolute atomic E-state index is 0.0344. The Bertz CT molecular complexity index is 572. The summed E-state index contributed by atoms with van der Waals surface area (Å²) in [5.74, 6) is -0.168. The number of thiazole rings is 1. The van der Waals surface area contributed by atoms with Gasteiger partial charge in [0.05, 0.1) is 5.51 Å². The molecule has 0 aliphatic rings. The van der Waals surface area contributed by atoms with Crippen molar-refractivity contribution >= 4 is 40.4 Å². The molecule has 19 heavy (non-hydrogen) atoms. The largest absolute Gasteiger partial charge is 0.348 e. The normalized spacial score (nSPS) is 12.2. The number of hydrogen-bond acceptors (Lipinski definition) is 3.